The monoisotopic (exact) mass is 293 g/mol. The minimum atomic E-state index is -0.427. The first-order chi connectivity index (χ1) is 9.97. The van der Waals surface area contributed by atoms with Crippen molar-refractivity contribution in [3.63, 3.8) is 0 Å². The first-order valence-corrected chi connectivity index (χ1v) is 6.89. The fraction of sp³-hybridized carbons (Fsp3) is 0.500. The van der Waals surface area contributed by atoms with Gasteiger partial charge >= 0.3 is 6.03 Å². The number of aryl methyl sites for hydroxylation is 2. The van der Waals surface area contributed by atoms with E-state index in [0.29, 0.717) is 23.4 Å². The van der Waals surface area contributed by atoms with Crippen LogP contribution in [0.1, 0.15) is 24.0 Å². The average molecular weight is 293 g/mol. The molecule has 114 valence electrons. The lowest BCUT2D eigenvalue weighted by Gasteiger charge is -2.13. The number of ether oxygens (including phenoxy) is 1. The Labute approximate surface area is 122 Å². The molecule has 2 rings (SSSR count). The second-order valence-corrected chi connectivity index (χ2v) is 5.18. The molecule has 7 nitrogen and oxygen atoms in total. The minimum Gasteiger partial charge on any atom is -0.376 e. The van der Waals surface area contributed by atoms with Crippen molar-refractivity contribution in [3.8, 4) is 0 Å². The molecule has 1 aromatic rings. The maximum absolute atomic E-state index is 11.8. The van der Waals surface area contributed by atoms with E-state index in [0.717, 1.165) is 19.4 Å². The highest BCUT2D eigenvalue weighted by molar-refractivity contribution is 5.90. The Bertz CT molecular complexity index is 553. The minimum absolute atomic E-state index is 0.0535. The summed E-state index contributed by atoms with van der Waals surface area (Å²) in [5.41, 5.74) is 1.79. The van der Waals surface area contributed by atoms with E-state index in [9.17, 15) is 14.9 Å². The van der Waals surface area contributed by atoms with Crippen LogP contribution in [0.2, 0.25) is 0 Å². The molecule has 0 saturated carbocycles. The van der Waals surface area contributed by atoms with Gasteiger partial charge in [0.15, 0.2) is 0 Å². The Morgan fingerprint density at radius 1 is 1.43 bits per heavy atom. The summed E-state index contributed by atoms with van der Waals surface area (Å²) in [6.45, 7) is 4.58. The number of amides is 2. The van der Waals surface area contributed by atoms with Gasteiger partial charge in [-0.1, -0.05) is 0 Å². The zero-order valence-electron chi connectivity index (χ0n) is 12.1. The van der Waals surface area contributed by atoms with Gasteiger partial charge in [-0.15, -0.1) is 0 Å². The van der Waals surface area contributed by atoms with Crippen LogP contribution in [-0.4, -0.2) is 30.2 Å². The zero-order valence-corrected chi connectivity index (χ0v) is 12.1. The standard InChI is InChI=1S/C14H19N3O4/c1-9-7-13(17(19)20)10(2)6-12(9)16-14(18)15-8-11-4-3-5-21-11/h6-7,11H,3-5,8H2,1-2H3,(H2,15,16,18)/t11-/m0/s1. The fourth-order valence-electron chi connectivity index (χ4n) is 2.31. The van der Waals surface area contributed by atoms with Gasteiger partial charge < -0.3 is 15.4 Å². The van der Waals surface area contributed by atoms with Gasteiger partial charge in [0.1, 0.15) is 0 Å². The van der Waals surface area contributed by atoms with Crippen LogP contribution >= 0.6 is 0 Å². The van der Waals surface area contributed by atoms with Gasteiger partial charge in [-0.2, -0.15) is 0 Å². The molecule has 1 aliphatic rings. The van der Waals surface area contributed by atoms with Crippen LogP contribution < -0.4 is 10.6 Å². The highest BCUT2D eigenvalue weighted by Crippen LogP contribution is 2.25. The van der Waals surface area contributed by atoms with E-state index in [2.05, 4.69) is 10.6 Å². The summed E-state index contributed by atoms with van der Waals surface area (Å²) in [4.78, 5) is 22.3. The fourth-order valence-corrected chi connectivity index (χ4v) is 2.31. The largest absolute Gasteiger partial charge is 0.376 e. The second-order valence-electron chi connectivity index (χ2n) is 5.18. The topological polar surface area (TPSA) is 93.5 Å². The Balaban J connectivity index is 1.96. The van der Waals surface area contributed by atoms with Crippen LogP contribution in [0.3, 0.4) is 0 Å². The molecule has 0 aromatic heterocycles. The molecule has 0 aliphatic carbocycles. The maximum atomic E-state index is 11.8. The molecule has 1 aromatic carbocycles. The molecular weight excluding hydrogens is 274 g/mol. The predicted molar refractivity (Wildman–Crippen MR) is 78.6 cm³/mol. The molecule has 0 bridgehead atoms. The molecule has 0 spiro atoms. The van der Waals surface area contributed by atoms with E-state index in [1.54, 1.807) is 19.9 Å². The molecule has 2 N–H and O–H groups in total. The van der Waals surface area contributed by atoms with E-state index >= 15 is 0 Å². The van der Waals surface area contributed by atoms with Crippen molar-refractivity contribution in [2.24, 2.45) is 0 Å². The van der Waals surface area contributed by atoms with E-state index in [1.807, 2.05) is 0 Å². The van der Waals surface area contributed by atoms with Gasteiger partial charge in [-0.3, -0.25) is 10.1 Å². The summed E-state index contributed by atoms with van der Waals surface area (Å²) in [7, 11) is 0. The molecule has 1 atom stereocenters. The van der Waals surface area contributed by atoms with Crippen molar-refractivity contribution in [1.82, 2.24) is 5.32 Å². The van der Waals surface area contributed by atoms with E-state index in [-0.39, 0.29) is 17.8 Å². The van der Waals surface area contributed by atoms with E-state index in [1.165, 1.54) is 6.07 Å². The third-order valence-corrected chi connectivity index (χ3v) is 3.50. The summed E-state index contributed by atoms with van der Waals surface area (Å²) in [5, 5.41) is 16.3. The second kappa shape index (κ2) is 6.53. The number of carbonyl (C=O) groups is 1. The maximum Gasteiger partial charge on any atom is 0.319 e. The van der Waals surface area contributed by atoms with Crippen molar-refractivity contribution in [2.75, 3.05) is 18.5 Å². The number of anilines is 1. The molecule has 1 aliphatic heterocycles. The van der Waals surface area contributed by atoms with E-state index in [4.69, 9.17) is 4.74 Å². The van der Waals surface area contributed by atoms with Gasteiger partial charge in [0.25, 0.3) is 5.69 Å². The van der Waals surface area contributed by atoms with Gasteiger partial charge in [0.2, 0.25) is 0 Å². The highest BCUT2D eigenvalue weighted by atomic mass is 16.6. The van der Waals surface area contributed by atoms with Crippen LogP contribution in [0.25, 0.3) is 0 Å². The van der Waals surface area contributed by atoms with Crippen LogP contribution in [0.4, 0.5) is 16.2 Å². The molecule has 1 saturated heterocycles. The number of hydrogen-bond acceptors (Lipinski definition) is 4. The lowest BCUT2D eigenvalue weighted by atomic mass is 10.1. The van der Waals surface area contributed by atoms with E-state index < -0.39 is 4.92 Å². The van der Waals surface area contributed by atoms with Crippen molar-refractivity contribution >= 4 is 17.4 Å². The van der Waals surface area contributed by atoms with Gasteiger partial charge in [-0.05, 0) is 38.3 Å². The number of nitro groups is 1. The number of nitrogens with zero attached hydrogens (tertiary/aromatic N) is 1. The molecule has 21 heavy (non-hydrogen) atoms. The lowest BCUT2D eigenvalue weighted by molar-refractivity contribution is -0.385. The lowest BCUT2D eigenvalue weighted by Crippen LogP contribution is -2.35. The molecule has 2 amide bonds. The summed E-state index contributed by atoms with van der Waals surface area (Å²) < 4.78 is 5.42. The number of benzene rings is 1. The molecule has 0 radical (unpaired) electrons. The van der Waals surface area contributed by atoms with Crippen LogP contribution in [0.15, 0.2) is 12.1 Å². The van der Waals surface area contributed by atoms with Crippen molar-refractivity contribution in [1.29, 1.82) is 0 Å². The van der Waals surface area contributed by atoms with Crippen molar-refractivity contribution in [3.05, 3.63) is 33.4 Å². The SMILES string of the molecule is Cc1cc([N+](=O)[O-])c(C)cc1NC(=O)NC[C@@H]1CCCO1. The highest BCUT2D eigenvalue weighted by Gasteiger charge is 2.17. The summed E-state index contributed by atoms with van der Waals surface area (Å²) in [6, 6.07) is 2.74. The number of urea groups is 1. The van der Waals surface area contributed by atoms with Gasteiger partial charge in [-0.25, -0.2) is 4.79 Å². The predicted octanol–water partition coefficient (Wildman–Crippen LogP) is 2.51. The third kappa shape index (κ3) is 3.91. The van der Waals surface area contributed by atoms with Crippen LogP contribution in [0, 0.1) is 24.0 Å². The zero-order chi connectivity index (χ0) is 15.4. The Hall–Kier alpha value is -2.15. The number of nitrogens with one attached hydrogen (secondary N) is 2. The summed E-state index contributed by atoms with van der Waals surface area (Å²) >= 11 is 0. The molecule has 1 fully saturated rings. The molecule has 7 heteroatoms. The Morgan fingerprint density at radius 2 is 2.19 bits per heavy atom. The average Bonchev–Trinajstić information content (AvgIpc) is 2.93. The molecular formula is C14H19N3O4. The Kier molecular flexibility index (Phi) is 4.74. The smallest absolute Gasteiger partial charge is 0.319 e. The van der Waals surface area contributed by atoms with Crippen molar-refractivity contribution < 1.29 is 14.5 Å². The quantitative estimate of drug-likeness (QED) is 0.659. The normalized spacial score (nSPS) is 17.5. The number of carbonyl (C=O) groups excluding carboxylic acids is 1. The van der Waals surface area contributed by atoms with Gasteiger partial charge in [0.05, 0.1) is 11.0 Å². The third-order valence-electron chi connectivity index (χ3n) is 3.50. The van der Waals surface area contributed by atoms with Gasteiger partial charge in [0, 0.05) is 30.5 Å². The first-order valence-electron chi connectivity index (χ1n) is 6.89. The van der Waals surface area contributed by atoms with Crippen molar-refractivity contribution in [2.45, 2.75) is 32.8 Å². The summed E-state index contributed by atoms with van der Waals surface area (Å²) in [5.74, 6) is 0. The first kappa shape index (κ1) is 15.2. The number of hydrogen-bond donors (Lipinski definition) is 2. The van der Waals surface area contributed by atoms with Crippen LogP contribution in [0.5, 0.6) is 0 Å². The number of rotatable bonds is 4. The summed E-state index contributed by atoms with van der Waals surface area (Å²) in [6.07, 6.45) is 2.06. The number of nitro benzene ring substituents is 1. The Morgan fingerprint density at radius 3 is 2.81 bits per heavy atom. The molecule has 0 unspecified atom stereocenters. The van der Waals surface area contributed by atoms with Crippen LogP contribution in [-0.2, 0) is 4.74 Å². The molecule has 1 heterocycles.